The second-order valence-corrected chi connectivity index (χ2v) is 10.8. The van der Waals surface area contributed by atoms with E-state index in [0.29, 0.717) is 59.9 Å². The van der Waals surface area contributed by atoms with Gasteiger partial charge in [0.15, 0.2) is 11.5 Å². The van der Waals surface area contributed by atoms with Crippen LogP contribution in [-0.4, -0.2) is 46.6 Å². The Morgan fingerprint density at radius 2 is 1.79 bits per heavy atom. The van der Waals surface area contributed by atoms with E-state index in [9.17, 15) is 37.7 Å². The monoisotopic (exact) mass is 679 g/mol. The van der Waals surface area contributed by atoms with Crippen molar-refractivity contribution in [2.45, 2.75) is 6.18 Å². The summed E-state index contributed by atoms with van der Waals surface area (Å²) in [6.07, 6.45) is -3.37. The number of fused-ring (bicyclic) bond motifs is 1. The van der Waals surface area contributed by atoms with Gasteiger partial charge in [0.1, 0.15) is 25.5 Å². The Bertz CT molecular complexity index is 1700. The molecule has 0 unspecified atom stereocenters. The fourth-order valence-corrected chi connectivity index (χ4v) is 5.30. The Morgan fingerprint density at radius 3 is 2.49 bits per heavy atom. The highest BCUT2D eigenvalue weighted by Crippen LogP contribution is 2.40. The van der Waals surface area contributed by atoms with Gasteiger partial charge < -0.3 is 19.5 Å². The molecule has 2 aliphatic heterocycles. The zero-order valence-corrected chi connectivity index (χ0v) is 23.9. The molecule has 0 spiro atoms. The third-order valence-corrected chi connectivity index (χ3v) is 7.48. The number of hydrogen-bond donors (Lipinski definition) is 1. The molecule has 0 bridgehead atoms. The maximum absolute atomic E-state index is 13.0. The van der Waals surface area contributed by atoms with E-state index in [1.165, 1.54) is 24.3 Å². The number of halogens is 4. The number of anilines is 1. The van der Waals surface area contributed by atoms with E-state index in [1.54, 1.807) is 18.2 Å². The number of amides is 3. The number of nitrogens with zero attached hydrogens (tertiary/aromatic N) is 2. The summed E-state index contributed by atoms with van der Waals surface area (Å²) in [4.78, 5) is 49.2. The van der Waals surface area contributed by atoms with Crippen molar-refractivity contribution < 1.29 is 46.7 Å². The Balaban J connectivity index is 1.26. The fourth-order valence-electron chi connectivity index (χ4n) is 3.98. The third kappa shape index (κ3) is 6.75. The molecule has 222 valence electrons. The summed E-state index contributed by atoms with van der Waals surface area (Å²) in [6.45, 7) is 0.244. The van der Waals surface area contributed by atoms with Crippen molar-refractivity contribution in [2.75, 3.05) is 25.1 Å². The lowest BCUT2D eigenvalue weighted by atomic mass is 10.1. The second kappa shape index (κ2) is 12.0. The number of alkyl halides is 3. The molecule has 43 heavy (non-hydrogen) atoms. The summed E-state index contributed by atoms with van der Waals surface area (Å²) in [5.74, 6) is -0.678. The van der Waals surface area contributed by atoms with Gasteiger partial charge in [-0.1, -0.05) is 6.07 Å². The van der Waals surface area contributed by atoms with Gasteiger partial charge in [0.25, 0.3) is 11.1 Å². The van der Waals surface area contributed by atoms with Gasteiger partial charge >= 0.3 is 11.9 Å². The third-order valence-electron chi connectivity index (χ3n) is 5.96. The first-order valence-corrected chi connectivity index (χ1v) is 13.8. The van der Waals surface area contributed by atoms with Crippen LogP contribution in [0.3, 0.4) is 0 Å². The van der Waals surface area contributed by atoms with Crippen molar-refractivity contribution in [1.82, 2.24) is 4.90 Å². The summed E-state index contributed by atoms with van der Waals surface area (Å²) >= 11 is 3.88. The number of carbonyl (C=O) groups is 3. The van der Waals surface area contributed by atoms with E-state index in [0.717, 1.165) is 11.0 Å². The lowest BCUT2D eigenvalue weighted by Crippen LogP contribution is -2.36. The van der Waals surface area contributed by atoms with Crippen LogP contribution >= 0.6 is 27.7 Å². The fraction of sp³-hybridized carbons (Fsp3) is 0.148. The van der Waals surface area contributed by atoms with Crippen molar-refractivity contribution in [3.63, 3.8) is 0 Å². The quantitative estimate of drug-likeness (QED) is 0.166. The smallest absolute Gasteiger partial charge is 0.416 e. The number of benzene rings is 3. The van der Waals surface area contributed by atoms with E-state index in [1.807, 2.05) is 0 Å². The molecular weight excluding hydrogens is 663 g/mol. The first-order chi connectivity index (χ1) is 20.4. The first-order valence-electron chi connectivity index (χ1n) is 12.2. The van der Waals surface area contributed by atoms with E-state index in [4.69, 9.17) is 14.2 Å². The SMILES string of the molecule is O=C(CN1C(=O)S/C(=C/c2ccc(Oc3ccc(C(F)(F)F)cc3[N+](=O)[O-])c(Br)c2)C1=O)Nc1ccc2c(c1)OCCO2. The average molecular weight is 680 g/mol. The van der Waals surface area contributed by atoms with Crippen LogP contribution in [0.4, 0.5) is 29.3 Å². The topological polar surface area (TPSA) is 137 Å². The highest BCUT2D eigenvalue weighted by molar-refractivity contribution is 9.10. The highest BCUT2D eigenvalue weighted by atomic mass is 79.9. The molecule has 2 heterocycles. The summed E-state index contributed by atoms with van der Waals surface area (Å²) in [5, 5.41) is 13.3. The average Bonchev–Trinajstić information content (AvgIpc) is 3.21. The van der Waals surface area contributed by atoms with Crippen molar-refractivity contribution in [3.8, 4) is 23.0 Å². The van der Waals surface area contributed by atoms with Crippen molar-refractivity contribution in [3.05, 3.63) is 85.2 Å². The predicted octanol–water partition coefficient (Wildman–Crippen LogP) is 6.61. The number of imide groups is 1. The Kier molecular flexibility index (Phi) is 8.32. The summed E-state index contributed by atoms with van der Waals surface area (Å²) in [7, 11) is 0. The molecule has 1 fully saturated rings. The number of ether oxygens (including phenoxy) is 3. The second-order valence-electron chi connectivity index (χ2n) is 8.90. The molecule has 3 aromatic rings. The molecule has 16 heteroatoms. The molecule has 1 saturated heterocycles. The van der Waals surface area contributed by atoms with Gasteiger partial charge in [-0.3, -0.25) is 29.4 Å². The number of thioether (sulfide) groups is 1. The molecule has 3 aromatic carbocycles. The molecule has 5 rings (SSSR count). The summed E-state index contributed by atoms with van der Waals surface area (Å²) in [6, 6.07) is 11.0. The number of nitrogens with one attached hydrogen (secondary N) is 1. The molecule has 0 radical (unpaired) electrons. The van der Waals surface area contributed by atoms with Gasteiger partial charge in [-0.2, -0.15) is 13.2 Å². The molecule has 11 nitrogen and oxygen atoms in total. The minimum absolute atomic E-state index is 0.0380. The van der Waals surface area contributed by atoms with Crippen LogP contribution in [0.15, 0.2) is 64.0 Å². The molecular formula is C27H17BrF3N3O8S. The summed E-state index contributed by atoms with van der Waals surface area (Å²) < 4.78 is 55.6. The van der Waals surface area contributed by atoms with E-state index < -0.39 is 51.7 Å². The number of nitro groups is 1. The largest absolute Gasteiger partial charge is 0.486 e. The zero-order valence-electron chi connectivity index (χ0n) is 21.5. The number of rotatable bonds is 7. The normalized spacial score (nSPS) is 15.5. The Labute approximate surface area is 252 Å². The van der Waals surface area contributed by atoms with E-state index >= 15 is 0 Å². The standard InChI is InChI=1S/C27H17BrF3N3O8S/c28-17-9-14(1-4-19(17)42-20-5-2-15(27(29,30)31)11-18(20)34(38)39)10-23-25(36)33(26(37)43-23)13-24(35)32-16-3-6-21-22(12-16)41-8-7-40-21/h1-6,9-12H,7-8,13H2,(H,32,35)/b23-10+. The van der Waals surface area contributed by atoms with E-state index in [-0.39, 0.29) is 15.1 Å². The number of nitro benzene ring substituents is 1. The molecule has 0 aliphatic carbocycles. The van der Waals surface area contributed by atoms with Crippen LogP contribution in [0.5, 0.6) is 23.0 Å². The van der Waals surface area contributed by atoms with E-state index in [2.05, 4.69) is 21.2 Å². The van der Waals surface area contributed by atoms with Crippen LogP contribution in [0, 0.1) is 10.1 Å². The highest BCUT2D eigenvalue weighted by Gasteiger charge is 2.37. The van der Waals surface area contributed by atoms with Crippen molar-refractivity contribution in [2.24, 2.45) is 0 Å². The molecule has 2 aliphatic rings. The predicted molar refractivity (Wildman–Crippen MR) is 151 cm³/mol. The Hall–Kier alpha value is -4.57. The lowest BCUT2D eigenvalue weighted by molar-refractivity contribution is -0.385. The minimum atomic E-state index is -4.78. The molecule has 1 N–H and O–H groups in total. The molecule has 3 amide bonds. The maximum Gasteiger partial charge on any atom is 0.416 e. The maximum atomic E-state index is 13.0. The molecule has 0 atom stereocenters. The number of hydrogen-bond acceptors (Lipinski definition) is 9. The minimum Gasteiger partial charge on any atom is -0.486 e. The first kappa shape index (κ1) is 29.9. The lowest BCUT2D eigenvalue weighted by Gasteiger charge is -2.19. The molecule has 0 aromatic heterocycles. The summed E-state index contributed by atoms with van der Waals surface area (Å²) in [5.41, 5.74) is -1.26. The Morgan fingerprint density at radius 1 is 1.07 bits per heavy atom. The van der Waals surface area contributed by atoms with Gasteiger partial charge in [0.05, 0.1) is 19.9 Å². The van der Waals surface area contributed by atoms with Crippen LogP contribution < -0.4 is 19.5 Å². The number of carbonyl (C=O) groups excluding carboxylic acids is 3. The van der Waals surface area contributed by atoms with Crippen LogP contribution in [0.1, 0.15) is 11.1 Å². The van der Waals surface area contributed by atoms with Crippen LogP contribution in [0.2, 0.25) is 0 Å². The van der Waals surface area contributed by atoms with Gasteiger partial charge in [-0.05, 0) is 75.7 Å². The van der Waals surface area contributed by atoms with Crippen molar-refractivity contribution >= 4 is 62.2 Å². The van der Waals surface area contributed by atoms with Gasteiger partial charge in [-0.15, -0.1) is 0 Å². The van der Waals surface area contributed by atoms with Gasteiger partial charge in [0.2, 0.25) is 11.7 Å². The zero-order chi connectivity index (χ0) is 30.9. The molecule has 0 saturated carbocycles. The van der Waals surface area contributed by atoms with Crippen molar-refractivity contribution in [1.29, 1.82) is 0 Å². The van der Waals surface area contributed by atoms with Gasteiger partial charge in [0, 0.05) is 17.8 Å². The van der Waals surface area contributed by atoms with Crippen LogP contribution in [-0.2, 0) is 15.8 Å². The van der Waals surface area contributed by atoms with Crippen LogP contribution in [0.25, 0.3) is 6.08 Å². The van der Waals surface area contributed by atoms with Gasteiger partial charge in [-0.25, -0.2) is 0 Å².